The van der Waals surface area contributed by atoms with Gasteiger partial charge in [-0.3, -0.25) is 0 Å². The van der Waals surface area contributed by atoms with Crippen LogP contribution in [0, 0.1) is 0 Å². The lowest BCUT2D eigenvalue weighted by atomic mass is 10.1. The minimum Gasteiger partial charge on any atom is -0.462 e. The van der Waals surface area contributed by atoms with E-state index in [2.05, 4.69) is 11.3 Å². The van der Waals surface area contributed by atoms with Crippen LogP contribution in [0.4, 0.5) is 28.9 Å². The third-order valence-corrected chi connectivity index (χ3v) is 5.48. The molecule has 0 unspecified atom stereocenters. The molecule has 0 radical (unpaired) electrons. The van der Waals surface area contributed by atoms with Crippen LogP contribution in [0.15, 0.2) is 73.3 Å². The minimum atomic E-state index is -4.67. The number of ether oxygens (including phenoxy) is 4. The summed E-state index contributed by atoms with van der Waals surface area (Å²) in [5, 5.41) is 0. The van der Waals surface area contributed by atoms with Gasteiger partial charge in [-0.15, -0.1) is 0 Å². The topological polar surface area (TPSA) is 140 Å². The molecule has 0 heterocycles. The van der Waals surface area contributed by atoms with Gasteiger partial charge < -0.3 is 30.4 Å². The zero-order valence-corrected chi connectivity index (χ0v) is 22.0. The molecule has 0 amide bonds. The number of nitrogen functional groups attached to an aromatic ring is 2. The molecule has 3 rings (SSSR count). The SMILES string of the molecule is C=C(C(=O)OCCCCOC(=O)c1cc(N)cc(N)c1)c1ccc(OC(=O)c2ccc(OC(F)(F)C(F)F)cc2)cc1. The summed E-state index contributed by atoms with van der Waals surface area (Å²) < 4.78 is 70.0. The highest BCUT2D eigenvalue weighted by Crippen LogP contribution is 2.28. The first-order valence-corrected chi connectivity index (χ1v) is 12.3. The fourth-order valence-corrected chi connectivity index (χ4v) is 3.37. The maximum Gasteiger partial charge on any atom is 0.461 e. The van der Waals surface area contributed by atoms with Crippen LogP contribution in [0.2, 0.25) is 0 Å². The molecule has 13 heteroatoms. The van der Waals surface area contributed by atoms with Crippen molar-refractivity contribution in [3.05, 3.63) is 90.0 Å². The molecule has 0 bridgehead atoms. The first-order valence-electron chi connectivity index (χ1n) is 12.3. The zero-order chi connectivity index (χ0) is 30.9. The van der Waals surface area contributed by atoms with E-state index < -0.39 is 36.2 Å². The highest BCUT2D eigenvalue weighted by molar-refractivity contribution is 6.15. The van der Waals surface area contributed by atoms with Gasteiger partial charge in [0, 0.05) is 11.4 Å². The van der Waals surface area contributed by atoms with Crippen LogP contribution in [0.5, 0.6) is 11.5 Å². The number of esters is 3. The molecule has 0 aliphatic rings. The van der Waals surface area contributed by atoms with Crippen LogP contribution < -0.4 is 20.9 Å². The normalized spacial score (nSPS) is 11.1. The standard InChI is InChI=1S/C29H26F4N2O7/c1-17(25(36)39-12-2-3-13-40-26(37)20-14-21(34)16-22(35)15-20)18-4-8-23(9-5-18)41-27(38)19-6-10-24(11-7-19)42-29(32,33)28(30)31/h4-11,14-16,28H,1-3,12-13,34-35H2. The van der Waals surface area contributed by atoms with E-state index >= 15 is 0 Å². The van der Waals surface area contributed by atoms with E-state index in [-0.39, 0.29) is 35.7 Å². The number of unbranched alkanes of at least 4 members (excludes halogenated alkanes) is 1. The lowest BCUT2D eigenvalue weighted by Crippen LogP contribution is -2.33. The lowest BCUT2D eigenvalue weighted by molar-refractivity contribution is -0.253. The van der Waals surface area contributed by atoms with Gasteiger partial charge in [0.25, 0.3) is 0 Å². The number of hydrogen-bond acceptors (Lipinski definition) is 9. The van der Waals surface area contributed by atoms with Crippen molar-refractivity contribution in [1.29, 1.82) is 0 Å². The average molecular weight is 591 g/mol. The van der Waals surface area contributed by atoms with E-state index in [1.165, 1.54) is 42.5 Å². The van der Waals surface area contributed by atoms with Crippen molar-refractivity contribution in [3.63, 3.8) is 0 Å². The summed E-state index contributed by atoms with van der Waals surface area (Å²) in [6.07, 6.45) is -7.84. The number of benzene rings is 3. The number of rotatable bonds is 13. The first-order chi connectivity index (χ1) is 19.9. The van der Waals surface area contributed by atoms with Crippen LogP contribution in [-0.4, -0.2) is 43.7 Å². The van der Waals surface area contributed by atoms with Crippen molar-refractivity contribution in [1.82, 2.24) is 0 Å². The molecule has 0 aliphatic heterocycles. The summed E-state index contributed by atoms with van der Waals surface area (Å²) in [4.78, 5) is 36.7. The molecule has 0 fully saturated rings. The van der Waals surface area contributed by atoms with Gasteiger partial charge >= 0.3 is 30.4 Å². The Morgan fingerprint density at radius 2 is 1.26 bits per heavy atom. The molecule has 0 saturated heterocycles. The number of carbonyl (C=O) groups is 3. The lowest BCUT2D eigenvalue weighted by Gasteiger charge is -2.16. The molecule has 3 aromatic rings. The molecule has 0 saturated carbocycles. The van der Waals surface area contributed by atoms with Crippen molar-refractivity contribution in [2.75, 3.05) is 24.7 Å². The summed E-state index contributed by atoms with van der Waals surface area (Å²) >= 11 is 0. The van der Waals surface area contributed by atoms with Gasteiger partial charge in [-0.1, -0.05) is 18.7 Å². The van der Waals surface area contributed by atoms with E-state index in [1.54, 1.807) is 0 Å². The van der Waals surface area contributed by atoms with Crippen molar-refractivity contribution >= 4 is 34.9 Å². The number of alkyl halides is 4. The predicted molar refractivity (Wildman–Crippen MR) is 144 cm³/mol. The van der Waals surface area contributed by atoms with E-state index in [0.717, 1.165) is 24.3 Å². The molecule has 0 spiro atoms. The molecule has 9 nitrogen and oxygen atoms in total. The minimum absolute atomic E-state index is 0.0507. The van der Waals surface area contributed by atoms with E-state index in [9.17, 15) is 31.9 Å². The molecular weight excluding hydrogens is 564 g/mol. The van der Waals surface area contributed by atoms with E-state index in [0.29, 0.717) is 29.8 Å². The smallest absolute Gasteiger partial charge is 0.461 e. The predicted octanol–water partition coefficient (Wildman–Crippen LogP) is 5.50. The second kappa shape index (κ2) is 14.0. The molecule has 3 aromatic carbocycles. The fourth-order valence-electron chi connectivity index (χ4n) is 3.37. The van der Waals surface area contributed by atoms with Crippen molar-refractivity contribution in [2.45, 2.75) is 25.4 Å². The van der Waals surface area contributed by atoms with Crippen molar-refractivity contribution in [3.8, 4) is 11.5 Å². The molecule has 0 atom stereocenters. The van der Waals surface area contributed by atoms with Gasteiger partial charge in [-0.2, -0.15) is 17.6 Å². The average Bonchev–Trinajstić information content (AvgIpc) is 2.94. The third-order valence-electron chi connectivity index (χ3n) is 5.48. The number of carbonyl (C=O) groups excluding carboxylic acids is 3. The van der Waals surface area contributed by atoms with Crippen LogP contribution >= 0.6 is 0 Å². The Morgan fingerprint density at radius 3 is 1.83 bits per heavy atom. The van der Waals surface area contributed by atoms with Gasteiger partial charge in [0.1, 0.15) is 11.5 Å². The van der Waals surface area contributed by atoms with Gasteiger partial charge in [-0.05, 0) is 73.0 Å². The summed E-state index contributed by atoms with van der Waals surface area (Å²) in [5.74, 6) is -2.56. The van der Waals surface area contributed by atoms with Crippen molar-refractivity contribution < 1.29 is 50.9 Å². The summed E-state index contributed by atoms with van der Waals surface area (Å²) in [7, 11) is 0. The van der Waals surface area contributed by atoms with Crippen molar-refractivity contribution in [2.24, 2.45) is 0 Å². The molecule has 42 heavy (non-hydrogen) atoms. The Labute approximate surface area is 237 Å². The summed E-state index contributed by atoms with van der Waals surface area (Å²) in [5.41, 5.74) is 12.6. The highest BCUT2D eigenvalue weighted by atomic mass is 19.3. The maximum absolute atomic E-state index is 13.0. The maximum atomic E-state index is 13.0. The van der Waals surface area contributed by atoms with Gasteiger partial charge in [0.15, 0.2) is 0 Å². The summed E-state index contributed by atoms with van der Waals surface area (Å²) in [6, 6.07) is 14.2. The Balaban J connectivity index is 1.40. The van der Waals surface area contributed by atoms with Gasteiger partial charge in [0.2, 0.25) is 0 Å². The first kappa shape index (κ1) is 31.5. The Morgan fingerprint density at radius 1 is 0.738 bits per heavy atom. The van der Waals surface area contributed by atoms with E-state index in [4.69, 9.17) is 25.7 Å². The molecular formula is C29H26F4N2O7. The second-order valence-corrected chi connectivity index (χ2v) is 8.75. The number of halogens is 4. The number of nitrogens with two attached hydrogens (primary N) is 2. The van der Waals surface area contributed by atoms with Crippen LogP contribution in [-0.2, 0) is 14.3 Å². The van der Waals surface area contributed by atoms with Gasteiger partial charge in [-0.25, -0.2) is 14.4 Å². The second-order valence-electron chi connectivity index (χ2n) is 8.75. The zero-order valence-electron chi connectivity index (χ0n) is 22.0. The monoisotopic (exact) mass is 590 g/mol. The highest BCUT2D eigenvalue weighted by Gasteiger charge is 2.43. The fraction of sp³-hybridized carbons (Fsp3) is 0.207. The summed E-state index contributed by atoms with van der Waals surface area (Å²) in [6.45, 7) is 3.86. The van der Waals surface area contributed by atoms with Crippen LogP contribution in [0.3, 0.4) is 0 Å². The largest absolute Gasteiger partial charge is 0.462 e. The Bertz CT molecular complexity index is 1410. The number of anilines is 2. The molecule has 0 aliphatic carbocycles. The Kier molecular flexibility index (Phi) is 10.5. The number of hydrogen-bond donors (Lipinski definition) is 2. The van der Waals surface area contributed by atoms with E-state index in [1.807, 2.05) is 0 Å². The van der Waals surface area contributed by atoms with Crippen LogP contribution in [0.25, 0.3) is 5.57 Å². The third kappa shape index (κ3) is 8.98. The molecule has 0 aromatic heterocycles. The quantitative estimate of drug-likeness (QED) is 0.0659. The molecule has 222 valence electrons. The molecule has 4 N–H and O–H groups in total. The van der Waals surface area contributed by atoms with Crippen LogP contribution in [0.1, 0.15) is 39.1 Å². The van der Waals surface area contributed by atoms with Gasteiger partial charge in [0.05, 0.1) is 29.9 Å². The Hall–Kier alpha value is -5.07.